The summed E-state index contributed by atoms with van der Waals surface area (Å²) >= 11 is 0. The molecule has 0 atom stereocenters. The van der Waals surface area contributed by atoms with Crippen LogP contribution in [0.5, 0.6) is 0 Å². The Kier molecular flexibility index (Phi) is 4.12. The van der Waals surface area contributed by atoms with Crippen LogP contribution >= 0.6 is 0 Å². The van der Waals surface area contributed by atoms with Crippen molar-refractivity contribution >= 4 is 28.2 Å². The van der Waals surface area contributed by atoms with Crippen molar-refractivity contribution in [2.45, 2.75) is 0 Å². The lowest BCUT2D eigenvalue weighted by molar-refractivity contribution is 0.0996. The van der Waals surface area contributed by atoms with Crippen molar-refractivity contribution in [3.63, 3.8) is 0 Å². The second-order valence-electron chi connectivity index (χ2n) is 6.24. The SMILES string of the molecule is NC(=O)c1ccc2cncc(N3CCN(c4ccc(F)cc4)CC3)c2n1. The Bertz CT molecular complexity index is 952. The minimum atomic E-state index is -0.546. The van der Waals surface area contributed by atoms with Crippen LogP contribution in [0, 0.1) is 5.82 Å². The van der Waals surface area contributed by atoms with Gasteiger partial charge < -0.3 is 15.5 Å². The van der Waals surface area contributed by atoms with Crippen LogP contribution in [0.3, 0.4) is 0 Å². The quantitative estimate of drug-likeness (QED) is 0.783. The summed E-state index contributed by atoms with van der Waals surface area (Å²) in [4.78, 5) is 24.6. The zero-order valence-electron chi connectivity index (χ0n) is 14.1. The van der Waals surface area contributed by atoms with Crippen molar-refractivity contribution in [2.24, 2.45) is 5.73 Å². The normalized spacial score (nSPS) is 14.7. The van der Waals surface area contributed by atoms with Crippen molar-refractivity contribution in [3.8, 4) is 0 Å². The van der Waals surface area contributed by atoms with E-state index in [1.165, 1.54) is 12.1 Å². The van der Waals surface area contributed by atoms with Gasteiger partial charge >= 0.3 is 0 Å². The van der Waals surface area contributed by atoms with E-state index in [4.69, 9.17) is 5.73 Å². The minimum absolute atomic E-state index is 0.231. The number of rotatable bonds is 3. The van der Waals surface area contributed by atoms with Crippen LogP contribution in [0.15, 0.2) is 48.8 Å². The molecule has 7 heteroatoms. The fraction of sp³-hybridized carbons (Fsp3) is 0.211. The molecule has 0 aliphatic carbocycles. The summed E-state index contributed by atoms with van der Waals surface area (Å²) in [5, 5.41) is 0.869. The molecule has 1 saturated heterocycles. The number of carbonyl (C=O) groups is 1. The average molecular weight is 351 g/mol. The monoisotopic (exact) mass is 351 g/mol. The van der Waals surface area contributed by atoms with E-state index in [1.807, 2.05) is 6.07 Å². The van der Waals surface area contributed by atoms with E-state index in [-0.39, 0.29) is 11.5 Å². The number of amides is 1. The molecule has 1 aromatic carbocycles. The number of piperazine rings is 1. The lowest BCUT2D eigenvalue weighted by Crippen LogP contribution is -2.46. The van der Waals surface area contributed by atoms with Gasteiger partial charge in [0.1, 0.15) is 11.5 Å². The molecule has 26 heavy (non-hydrogen) atoms. The number of pyridine rings is 2. The maximum absolute atomic E-state index is 13.1. The summed E-state index contributed by atoms with van der Waals surface area (Å²) in [5.74, 6) is -0.777. The Morgan fingerprint density at radius 1 is 0.962 bits per heavy atom. The molecule has 0 radical (unpaired) electrons. The van der Waals surface area contributed by atoms with E-state index >= 15 is 0 Å². The van der Waals surface area contributed by atoms with Crippen molar-refractivity contribution in [1.29, 1.82) is 0 Å². The number of hydrogen-bond acceptors (Lipinski definition) is 5. The van der Waals surface area contributed by atoms with Gasteiger partial charge in [-0.15, -0.1) is 0 Å². The van der Waals surface area contributed by atoms with E-state index in [0.717, 1.165) is 48.5 Å². The molecule has 0 unspecified atom stereocenters. The van der Waals surface area contributed by atoms with Gasteiger partial charge in [-0.2, -0.15) is 0 Å². The zero-order valence-corrected chi connectivity index (χ0v) is 14.1. The van der Waals surface area contributed by atoms with Gasteiger partial charge in [-0.1, -0.05) is 0 Å². The molecule has 0 bridgehead atoms. The summed E-state index contributed by atoms with van der Waals surface area (Å²) in [6, 6.07) is 9.98. The van der Waals surface area contributed by atoms with Crippen LogP contribution < -0.4 is 15.5 Å². The lowest BCUT2D eigenvalue weighted by atomic mass is 10.2. The van der Waals surface area contributed by atoms with Gasteiger partial charge in [-0.3, -0.25) is 9.78 Å². The molecule has 0 spiro atoms. The number of fused-ring (bicyclic) bond motifs is 1. The van der Waals surface area contributed by atoms with Gasteiger partial charge in [0, 0.05) is 43.4 Å². The number of nitrogens with zero attached hydrogens (tertiary/aromatic N) is 4. The predicted octanol–water partition coefficient (Wildman–Crippen LogP) is 2.19. The first-order valence-corrected chi connectivity index (χ1v) is 8.42. The number of carbonyl (C=O) groups excluding carboxylic acids is 1. The number of anilines is 2. The molecule has 1 aliphatic heterocycles. The van der Waals surface area contributed by atoms with Crippen LogP contribution in [-0.4, -0.2) is 42.1 Å². The molecule has 0 saturated carbocycles. The number of halogens is 1. The minimum Gasteiger partial charge on any atom is -0.368 e. The summed E-state index contributed by atoms with van der Waals surface area (Å²) in [6.45, 7) is 3.16. The van der Waals surface area contributed by atoms with Gasteiger partial charge in [0.15, 0.2) is 0 Å². The largest absolute Gasteiger partial charge is 0.368 e. The fourth-order valence-corrected chi connectivity index (χ4v) is 3.25. The molecule has 1 fully saturated rings. The van der Waals surface area contributed by atoms with Crippen molar-refractivity contribution < 1.29 is 9.18 Å². The maximum Gasteiger partial charge on any atom is 0.267 e. The van der Waals surface area contributed by atoms with Crippen LogP contribution in [0.2, 0.25) is 0 Å². The van der Waals surface area contributed by atoms with E-state index in [2.05, 4.69) is 19.8 Å². The molecular formula is C19H18FN5O. The number of primary amides is 1. The van der Waals surface area contributed by atoms with Crippen LogP contribution in [0.25, 0.3) is 10.9 Å². The fourth-order valence-electron chi connectivity index (χ4n) is 3.25. The van der Waals surface area contributed by atoms with Gasteiger partial charge in [0.25, 0.3) is 5.91 Å². The van der Waals surface area contributed by atoms with Crippen LogP contribution in [0.1, 0.15) is 10.5 Å². The van der Waals surface area contributed by atoms with Gasteiger partial charge in [0.2, 0.25) is 0 Å². The van der Waals surface area contributed by atoms with E-state index in [9.17, 15) is 9.18 Å². The third-order valence-corrected chi connectivity index (χ3v) is 4.64. The highest BCUT2D eigenvalue weighted by Gasteiger charge is 2.20. The average Bonchev–Trinajstić information content (AvgIpc) is 2.68. The number of hydrogen-bond donors (Lipinski definition) is 1. The molecule has 3 aromatic rings. The smallest absolute Gasteiger partial charge is 0.267 e. The van der Waals surface area contributed by atoms with Gasteiger partial charge in [-0.05, 0) is 36.4 Å². The standard InChI is InChI=1S/C19H18FN5O/c20-14-2-4-15(5-3-14)24-7-9-25(10-8-24)17-12-22-11-13-1-6-16(19(21)26)23-18(13)17/h1-6,11-12H,7-10H2,(H2,21,26). The van der Waals surface area contributed by atoms with Gasteiger partial charge in [0.05, 0.1) is 17.4 Å². The molecule has 1 aliphatic rings. The highest BCUT2D eigenvalue weighted by atomic mass is 19.1. The number of aromatic nitrogens is 2. The second-order valence-corrected chi connectivity index (χ2v) is 6.24. The van der Waals surface area contributed by atoms with Gasteiger partial charge in [-0.25, -0.2) is 9.37 Å². The van der Waals surface area contributed by atoms with Crippen LogP contribution in [0.4, 0.5) is 15.8 Å². The second kappa shape index (κ2) is 6.59. The molecule has 3 heterocycles. The van der Waals surface area contributed by atoms with Crippen molar-refractivity contribution in [3.05, 3.63) is 60.3 Å². The molecule has 4 rings (SSSR count). The molecule has 132 valence electrons. The molecule has 1 amide bonds. The van der Waals surface area contributed by atoms with E-state index in [1.54, 1.807) is 30.6 Å². The predicted molar refractivity (Wildman–Crippen MR) is 98.9 cm³/mol. The Morgan fingerprint density at radius 3 is 2.35 bits per heavy atom. The number of nitrogens with two attached hydrogens (primary N) is 1. The number of benzene rings is 1. The lowest BCUT2D eigenvalue weighted by Gasteiger charge is -2.37. The van der Waals surface area contributed by atoms with E-state index < -0.39 is 5.91 Å². The first-order chi connectivity index (χ1) is 12.6. The summed E-state index contributed by atoms with van der Waals surface area (Å²) in [7, 11) is 0. The van der Waals surface area contributed by atoms with Crippen molar-refractivity contribution in [2.75, 3.05) is 36.0 Å². The summed E-state index contributed by atoms with van der Waals surface area (Å²) in [6.07, 6.45) is 3.50. The highest BCUT2D eigenvalue weighted by Crippen LogP contribution is 2.26. The third kappa shape index (κ3) is 3.03. The Hall–Kier alpha value is -3.22. The molecule has 6 nitrogen and oxygen atoms in total. The molecular weight excluding hydrogens is 333 g/mol. The summed E-state index contributed by atoms with van der Waals surface area (Å²) in [5.41, 5.74) is 8.24. The maximum atomic E-state index is 13.1. The third-order valence-electron chi connectivity index (χ3n) is 4.64. The Morgan fingerprint density at radius 2 is 1.65 bits per heavy atom. The molecule has 2 aromatic heterocycles. The Balaban J connectivity index is 1.58. The molecule has 2 N–H and O–H groups in total. The first-order valence-electron chi connectivity index (χ1n) is 8.42. The Labute approximate surface area is 150 Å². The van der Waals surface area contributed by atoms with Crippen molar-refractivity contribution in [1.82, 2.24) is 9.97 Å². The van der Waals surface area contributed by atoms with Crippen LogP contribution in [-0.2, 0) is 0 Å². The zero-order chi connectivity index (χ0) is 18.1. The first kappa shape index (κ1) is 16.3. The topological polar surface area (TPSA) is 75.4 Å². The highest BCUT2D eigenvalue weighted by molar-refractivity contribution is 5.96. The summed E-state index contributed by atoms with van der Waals surface area (Å²) < 4.78 is 13.1. The van der Waals surface area contributed by atoms with E-state index in [0.29, 0.717) is 0 Å².